The Hall–Kier alpha value is -3.41. The molecule has 3 rings (SSSR count). The van der Waals surface area contributed by atoms with E-state index >= 15 is 0 Å². The van der Waals surface area contributed by atoms with Gasteiger partial charge in [-0.2, -0.15) is 5.10 Å². The van der Waals surface area contributed by atoms with Crippen molar-refractivity contribution in [1.29, 1.82) is 0 Å². The number of carbonyl (C=O) groups excluding carboxylic acids is 2. The Morgan fingerprint density at radius 3 is 2.36 bits per heavy atom. The van der Waals surface area contributed by atoms with Crippen molar-refractivity contribution in [2.75, 3.05) is 0 Å². The molecule has 6 nitrogen and oxygen atoms in total. The average Bonchev–Trinajstić information content (AvgIpc) is 3.15. The van der Waals surface area contributed by atoms with Crippen LogP contribution in [0.25, 0.3) is 5.69 Å². The molecule has 0 aliphatic rings. The molecular weight excluding hydrogens is 316 g/mol. The second-order valence-corrected chi connectivity index (χ2v) is 5.61. The number of nitrogens with one attached hydrogen (secondary N) is 1. The van der Waals surface area contributed by atoms with Crippen LogP contribution in [0.3, 0.4) is 0 Å². The highest BCUT2D eigenvalue weighted by Gasteiger charge is 2.19. The summed E-state index contributed by atoms with van der Waals surface area (Å²) < 4.78 is 1.74. The summed E-state index contributed by atoms with van der Waals surface area (Å²) >= 11 is 0. The van der Waals surface area contributed by atoms with Crippen molar-refractivity contribution < 1.29 is 9.59 Å². The van der Waals surface area contributed by atoms with Gasteiger partial charge in [-0.05, 0) is 29.3 Å². The quantitative estimate of drug-likeness (QED) is 0.720. The SMILES string of the molecule is NC(=O)C(NC(=O)Cc1ccc(-n2cccn2)cc1)c1ccccc1. The van der Waals surface area contributed by atoms with E-state index in [0.717, 1.165) is 11.3 Å². The molecule has 25 heavy (non-hydrogen) atoms. The number of aromatic nitrogens is 2. The van der Waals surface area contributed by atoms with Crippen LogP contribution in [-0.4, -0.2) is 21.6 Å². The number of primary amides is 1. The van der Waals surface area contributed by atoms with Crippen molar-refractivity contribution in [2.45, 2.75) is 12.5 Å². The zero-order chi connectivity index (χ0) is 17.6. The highest BCUT2D eigenvalue weighted by atomic mass is 16.2. The van der Waals surface area contributed by atoms with Crippen molar-refractivity contribution in [3.63, 3.8) is 0 Å². The lowest BCUT2D eigenvalue weighted by molar-refractivity contribution is -0.127. The first-order chi connectivity index (χ1) is 12.1. The van der Waals surface area contributed by atoms with Crippen LogP contribution in [0.15, 0.2) is 73.1 Å². The normalized spacial score (nSPS) is 11.7. The van der Waals surface area contributed by atoms with Gasteiger partial charge in [-0.25, -0.2) is 4.68 Å². The smallest absolute Gasteiger partial charge is 0.244 e. The molecule has 0 spiro atoms. The van der Waals surface area contributed by atoms with Crippen LogP contribution in [0.4, 0.5) is 0 Å². The van der Waals surface area contributed by atoms with E-state index < -0.39 is 11.9 Å². The van der Waals surface area contributed by atoms with Crippen LogP contribution in [0.2, 0.25) is 0 Å². The van der Waals surface area contributed by atoms with Gasteiger partial charge < -0.3 is 11.1 Å². The summed E-state index contributed by atoms with van der Waals surface area (Å²) in [6.07, 6.45) is 3.71. The Morgan fingerprint density at radius 1 is 1.04 bits per heavy atom. The number of rotatable bonds is 6. The van der Waals surface area contributed by atoms with Gasteiger partial charge in [0.15, 0.2) is 0 Å². The maximum Gasteiger partial charge on any atom is 0.244 e. The van der Waals surface area contributed by atoms with Gasteiger partial charge in [0, 0.05) is 12.4 Å². The van der Waals surface area contributed by atoms with Gasteiger partial charge in [0.2, 0.25) is 11.8 Å². The van der Waals surface area contributed by atoms with Crippen LogP contribution >= 0.6 is 0 Å². The van der Waals surface area contributed by atoms with Gasteiger partial charge in [0.1, 0.15) is 6.04 Å². The lowest BCUT2D eigenvalue weighted by Gasteiger charge is -2.16. The van der Waals surface area contributed by atoms with Gasteiger partial charge in [-0.15, -0.1) is 0 Å². The molecule has 1 atom stereocenters. The molecule has 3 N–H and O–H groups in total. The van der Waals surface area contributed by atoms with E-state index in [0.29, 0.717) is 5.56 Å². The topological polar surface area (TPSA) is 90.0 Å². The zero-order valence-electron chi connectivity index (χ0n) is 13.5. The fourth-order valence-corrected chi connectivity index (χ4v) is 2.55. The van der Waals surface area contributed by atoms with Gasteiger partial charge in [0.25, 0.3) is 0 Å². The summed E-state index contributed by atoms with van der Waals surface area (Å²) in [5, 5.41) is 6.85. The summed E-state index contributed by atoms with van der Waals surface area (Å²) in [5.41, 5.74) is 7.83. The summed E-state index contributed by atoms with van der Waals surface area (Å²) in [6, 6.07) is 17.4. The van der Waals surface area contributed by atoms with Gasteiger partial charge in [-0.1, -0.05) is 42.5 Å². The third kappa shape index (κ3) is 4.11. The maximum atomic E-state index is 12.3. The zero-order valence-corrected chi connectivity index (χ0v) is 13.5. The molecule has 0 radical (unpaired) electrons. The molecule has 2 aromatic carbocycles. The second-order valence-electron chi connectivity index (χ2n) is 5.61. The monoisotopic (exact) mass is 334 g/mol. The minimum absolute atomic E-state index is 0.163. The molecule has 0 bridgehead atoms. The van der Waals surface area contributed by atoms with Crippen molar-refractivity contribution in [3.05, 3.63) is 84.2 Å². The van der Waals surface area contributed by atoms with Crippen molar-refractivity contribution >= 4 is 11.8 Å². The molecule has 126 valence electrons. The van der Waals surface area contributed by atoms with Gasteiger partial charge in [0.05, 0.1) is 12.1 Å². The molecule has 0 aliphatic heterocycles. The summed E-state index contributed by atoms with van der Waals surface area (Å²) in [6.45, 7) is 0. The van der Waals surface area contributed by atoms with Gasteiger partial charge in [-0.3, -0.25) is 9.59 Å². The van der Waals surface area contributed by atoms with Crippen LogP contribution in [0, 0.1) is 0 Å². The summed E-state index contributed by atoms with van der Waals surface area (Å²) in [7, 11) is 0. The minimum atomic E-state index is -0.836. The predicted molar refractivity (Wildman–Crippen MR) is 93.8 cm³/mol. The lowest BCUT2D eigenvalue weighted by Crippen LogP contribution is -2.38. The minimum Gasteiger partial charge on any atom is -0.368 e. The van der Waals surface area contributed by atoms with E-state index in [-0.39, 0.29) is 12.3 Å². The first-order valence-electron chi connectivity index (χ1n) is 7.86. The Kier molecular flexibility index (Phi) is 4.89. The third-order valence-corrected chi connectivity index (χ3v) is 3.79. The Morgan fingerprint density at radius 2 is 1.76 bits per heavy atom. The number of nitrogens with two attached hydrogens (primary N) is 1. The third-order valence-electron chi connectivity index (χ3n) is 3.79. The molecular formula is C19H18N4O2. The molecule has 3 aromatic rings. The van der Waals surface area contributed by atoms with E-state index in [1.54, 1.807) is 35.1 Å². The molecule has 0 fully saturated rings. The predicted octanol–water partition coefficient (Wildman–Crippen LogP) is 1.76. The largest absolute Gasteiger partial charge is 0.368 e. The van der Waals surface area contributed by atoms with Gasteiger partial charge >= 0.3 is 0 Å². The number of hydrogen-bond acceptors (Lipinski definition) is 3. The Labute approximate surface area is 145 Å². The van der Waals surface area contributed by atoms with E-state index in [1.165, 1.54) is 0 Å². The van der Waals surface area contributed by atoms with E-state index in [1.807, 2.05) is 42.6 Å². The molecule has 0 aliphatic carbocycles. The molecule has 0 saturated heterocycles. The van der Waals surface area contributed by atoms with E-state index in [2.05, 4.69) is 10.4 Å². The Bertz CT molecular complexity index is 843. The maximum absolute atomic E-state index is 12.3. The van der Waals surface area contributed by atoms with Crippen LogP contribution < -0.4 is 11.1 Å². The molecule has 1 heterocycles. The molecule has 1 aromatic heterocycles. The Balaban J connectivity index is 1.66. The molecule has 2 amide bonds. The summed E-state index contributed by atoms with van der Waals surface area (Å²) in [4.78, 5) is 23.9. The number of nitrogens with zero attached hydrogens (tertiary/aromatic N) is 2. The average molecular weight is 334 g/mol. The number of hydrogen-bond donors (Lipinski definition) is 2. The summed E-state index contributed by atoms with van der Waals surface area (Å²) in [5.74, 6) is -0.854. The highest BCUT2D eigenvalue weighted by molar-refractivity contribution is 5.88. The molecule has 0 saturated carbocycles. The van der Waals surface area contributed by atoms with Crippen LogP contribution in [-0.2, 0) is 16.0 Å². The molecule has 6 heteroatoms. The van der Waals surface area contributed by atoms with E-state index in [4.69, 9.17) is 5.73 Å². The number of benzene rings is 2. The van der Waals surface area contributed by atoms with Crippen LogP contribution in [0.1, 0.15) is 17.2 Å². The van der Waals surface area contributed by atoms with Crippen LogP contribution in [0.5, 0.6) is 0 Å². The number of amides is 2. The first-order valence-corrected chi connectivity index (χ1v) is 7.86. The van der Waals surface area contributed by atoms with Crippen molar-refractivity contribution in [2.24, 2.45) is 5.73 Å². The number of carbonyl (C=O) groups is 2. The fraction of sp³-hybridized carbons (Fsp3) is 0.105. The lowest BCUT2D eigenvalue weighted by atomic mass is 10.1. The van der Waals surface area contributed by atoms with Crippen molar-refractivity contribution in [1.82, 2.24) is 15.1 Å². The van der Waals surface area contributed by atoms with E-state index in [9.17, 15) is 9.59 Å². The fourth-order valence-electron chi connectivity index (χ4n) is 2.55. The van der Waals surface area contributed by atoms with Crippen molar-refractivity contribution in [3.8, 4) is 5.69 Å². The standard InChI is InChI=1S/C19H18N4O2/c20-19(25)18(15-5-2-1-3-6-15)22-17(24)13-14-7-9-16(10-8-14)23-12-4-11-21-23/h1-12,18H,13H2,(H2,20,25)(H,22,24). The second kappa shape index (κ2) is 7.44. The first kappa shape index (κ1) is 16.4. The molecule has 1 unspecified atom stereocenters. The highest BCUT2D eigenvalue weighted by Crippen LogP contribution is 2.13.